The molecule has 0 aliphatic carbocycles. The zero-order valence-corrected chi connectivity index (χ0v) is 9.48. The van der Waals surface area contributed by atoms with Gasteiger partial charge in [-0.25, -0.2) is 13.1 Å². The molecule has 0 saturated heterocycles. The molecule has 0 aliphatic rings. The van der Waals surface area contributed by atoms with Crippen LogP contribution in [0.1, 0.15) is 6.42 Å². The topological polar surface area (TPSA) is 78.5 Å². The summed E-state index contributed by atoms with van der Waals surface area (Å²) in [6.45, 7) is 0.586. The van der Waals surface area contributed by atoms with E-state index in [0.717, 1.165) is 0 Å². The van der Waals surface area contributed by atoms with E-state index in [-0.39, 0.29) is 36.1 Å². The van der Waals surface area contributed by atoms with Crippen LogP contribution >= 0.6 is 0 Å². The van der Waals surface area contributed by atoms with Gasteiger partial charge in [0, 0.05) is 20.3 Å². The fraction of sp³-hybridized carbons (Fsp3) is 1.00. The van der Waals surface area contributed by atoms with E-state index in [1.54, 1.807) is 4.72 Å². The maximum atomic E-state index is 9.89. The Morgan fingerprint density at radius 1 is 1.55 bits per heavy atom. The molecule has 0 unspecified atom stereocenters. The first-order chi connectivity index (χ1) is 4.56. The summed E-state index contributed by atoms with van der Waals surface area (Å²) in [6.07, 6.45) is 0.512. The molecular formula is C4H10NNaO4S. The maximum Gasteiger partial charge on any atom is 1.00 e. The van der Waals surface area contributed by atoms with Gasteiger partial charge < -0.3 is 9.29 Å². The zero-order chi connectivity index (χ0) is 8.04. The van der Waals surface area contributed by atoms with Crippen molar-refractivity contribution in [2.45, 2.75) is 6.42 Å². The van der Waals surface area contributed by atoms with Crippen LogP contribution in [0.5, 0.6) is 0 Å². The van der Waals surface area contributed by atoms with Crippen molar-refractivity contribution in [3.8, 4) is 0 Å². The van der Waals surface area contributed by atoms with Crippen molar-refractivity contribution in [3.63, 3.8) is 0 Å². The van der Waals surface area contributed by atoms with Gasteiger partial charge in [0.1, 0.15) is 0 Å². The van der Waals surface area contributed by atoms with Gasteiger partial charge in [-0.2, -0.15) is 0 Å². The molecule has 0 bridgehead atoms. The van der Waals surface area contributed by atoms with Crippen molar-refractivity contribution in [3.05, 3.63) is 0 Å². The van der Waals surface area contributed by atoms with Crippen LogP contribution < -0.4 is 34.3 Å². The molecule has 11 heavy (non-hydrogen) atoms. The summed E-state index contributed by atoms with van der Waals surface area (Å²) in [5, 5.41) is 0. The van der Waals surface area contributed by atoms with Gasteiger partial charge in [-0.05, 0) is 6.42 Å². The molecule has 0 aromatic rings. The molecule has 0 heterocycles. The summed E-state index contributed by atoms with van der Waals surface area (Å²) in [5.41, 5.74) is 0. The van der Waals surface area contributed by atoms with Gasteiger partial charge in [0.05, 0.1) is 0 Å². The minimum Gasteiger partial charge on any atom is -0.735 e. The Balaban J connectivity index is 0. The van der Waals surface area contributed by atoms with Crippen molar-refractivity contribution in [1.29, 1.82) is 0 Å². The Morgan fingerprint density at radius 2 is 2.09 bits per heavy atom. The Morgan fingerprint density at radius 3 is 2.45 bits per heavy atom. The Kier molecular flexibility index (Phi) is 9.76. The van der Waals surface area contributed by atoms with Crippen LogP contribution in [0.2, 0.25) is 0 Å². The molecule has 0 radical (unpaired) electrons. The summed E-state index contributed by atoms with van der Waals surface area (Å²) in [7, 11) is -2.75. The number of hydrogen-bond donors (Lipinski definition) is 1. The number of nitrogens with one attached hydrogen (secondary N) is 1. The summed E-state index contributed by atoms with van der Waals surface area (Å²) < 4.78 is 36.1. The summed E-state index contributed by atoms with van der Waals surface area (Å²) in [6, 6.07) is 0. The smallest absolute Gasteiger partial charge is 0.735 e. The van der Waals surface area contributed by atoms with Crippen LogP contribution in [0.3, 0.4) is 0 Å². The molecule has 0 aromatic heterocycles. The van der Waals surface area contributed by atoms with Crippen molar-refractivity contribution in [2.75, 3.05) is 20.3 Å². The molecule has 0 fully saturated rings. The first-order valence-electron chi connectivity index (χ1n) is 2.75. The van der Waals surface area contributed by atoms with Crippen molar-refractivity contribution in [1.82, 2.24) is 4.72 Å². The van der Waals surface area contributed by atoms with Crippen LogP contribution in [-0.2, 0) is 15.0 Å². The second kappa shape index (κ2) is 7.48. The molecule has 7 heteroatoms. The molecule has 0 aromatic carbocycles. The van der Waals surface area contributed by atoms with Gasteiger partial charge in [0.25, 0.3) is 0 Å². The van der Waals surface area contributed by atoms with Gasteiger partial charge in [0.15, 0.2) is 10.3 Å². The van der Waals surface area contributed by atoms with Gasteiger partial charge >= 0.3 is 29.6 Å². The standard InChI is InChI=1S/C4H11NO4S.Na/c1-9-4-2-3-5-10(6,7)8;/h5H,2-4H2,1H3,(H,6,7,8);/q;+1/p-1. The summed E-state index contributed by atoms with van der Waals surface area (Å²) in [5.74, 6) is 0. The van der Waals surface area contributed by atoms with Gasteiger partial charge in [-0.3, -0.25) is 0 Å². The summed E-state index contributed by atoms with van der Waals surface area (Å²) in [4.78, 5) is 0. The van der Waals surface area contributed by atoms with E-state index < -0.39 is 10.3 Å². The fourth-order valence-electron chi connectivity index (χ4n) is 0.414. The average Bonchev–Trinajstić information content (AvgIpc) is 1.78. The number of hydrogen-bond acceptors (Lipinski definition) is 4. The average molecular weight is 191 g/mol. The van der Waals surface area contributed by atoms with Crippen molar-refractivity contribution in [2.24, 2.45) is 0 Å². The van der Waals surface area contributed by atoms with E-state index >= 15 is 0 Å². The second-order valence-corrected chi connectivity index (χ2v) is 2.89. The molecule has 1 N–H and O–H groups in total. The molecule has 0 atom stereocenters. The Labute approximate surface area is 88.7 Å². The summed E-state index contributed by atoms with van der Waals surface area (Å²) >= 11 is 0. The minimum atomic E-state index is -4.26. The molecule has 0 amide bonds. The van der Waals surface area contributed by atoms with Crippen molar-refractivity contribution < 1.29 is 47.3 Å². The molecular weight excluding hydrogens is 181 g/mol. The Hall–Kier alpha value is 0.830. The van der Waals surface area contributed by atoms with Crippen LogP contribution in [0.25, 0.3) is 0 Å². The minimum absolute atomic E-state index is 0. The molecule has 5 nitrogen and oxygen atoms in total. The van der Waals surface area contributed by atoms with E-state index in [1.165, 1.54) is 7.11 Å². The number of rotatable bonds is 5. The zero-order valence-electron chi connectivity index (χ0n) is 6.66. The van der Waals surface area contributed by atoms with Crippen molar-refractivity contribution >= 4 is 10.3 Å². The van der Waals surface area contributed by atoms with Crippen LogP contribution in [0, 0.1) is 0 Å². The quantitative estimate of drug-likeness (QED) is 0.273. The first-order valence-corrected chi connectivity index (χ1v) is 4.16. The van der Waals surface area contributed by atoms with Crippen LogP contribution in [0.4, 0.5) is 0 Å². The molecule has 62 valence electrons. The molecule has 0 saturated carbocycles. The van der Waals surface area contributed by atoms with E-state index in [0.29, 0.717) is 13.0 Å². The predicted molar refractivity (Wildman–Crippen MR) is 34.2 cm³/mol. The van der Waals surface area contributed by atoms with Gasteiger partial charge in [0.2, 0.25) is 0 Å². The normalized spacial score (nSPS) is 10.7. The third kappa shape index (κ3) is 13.8. The maximum absolute atomic E-state index is 9.89. The predicted octanol–water partition coefficient (Wildman–Crippen LogP) is -3.92. The number of methoxy groups -OCH3 is 1. The third-order valence-corrected chi connectivity index (χ3v) is 1.36. The van der Waals surface area contributed by atoms with E-state index in [1.807, 2.05) is 0 Å². The monoisotopic (exact) mass is 191 g/mol. The largest absolute Gasteiger partial charge is 1.00 e. The molecule has 0 spiro atoms. The Bertz CT molecular complexity index is 169. The van der Waals surface area contributed by atoms with E-state index in [9.17, 15) is 13.0 Å². The molecule has 0 rings (SSSR count). The van der Waals surface area contributed by atoms with Gasteiger partial charge in [-0.15, -0.1) is 0 Å². The van der Waals surface area contributed by atoms with Crippen LogP contribution in [0.15, 0.2) is 0 Å². The van der Waals surface area contributed by atoms with Gasteiger partial charge in [-0.1, -0.05) is 0 Å². The first kappa shape index (κ1) is 14.4. The molecule has 0 aliphatic heterocycles. The SMILES string of the molecule is COCCCNS(=O)(=O)[O-].[Na+]. The second-order valence-electron chi connectivity index (χ2n) is 1.69. The number of ether oxygens (including phenoxy) is 1. The van der Waals surface area contributed by atoms with E-state index in [4.69, 9.17) is 0 Å². The van der Waals surface area contributed by atoms with Crippen LogP contribution in [-0.4, -0.2) is 33.2 Å². The third-order valence-electron chi connectivity index (χ3n) is 0.804. The fourth-order valence-corrected chi connectivity index (χ4v) is 0.808. The van der Waals surface area contributed by atoms with E-state index in [2.05, 4.69) is 4.74 Å².